The number of fused-ring (bicyclic) bond motifs is 5. The smallest absolute Gasteiger partial charge is 0.189 e. The first kappa shape index (κ1) is 27.6. The highest BCUT2D eigenvalue weighted by molar-refractivity contribution is 6.06. The molecule has 4 aliphatic rings. The van der Waals surface area contributed by atoms with Gasteiger partial charge in [0.15, 0.2) is 12.4 Å². The fourth-order valence-corrected chi connectivity index (χ4v) is 7.54. The molecular formula is C31H41N3O5. The summed E-state index contributed by atoms with van der Waals surface area (Å²) in [6.07, 6.45) is 10.1. The number of carbonyl (C=O) groups excluding carboxylic acids is 1. The highest BCUT2D eigenvalue weighted by Crippen LogP contribution is 2.61. The standard InChI is InChI=1S/C31H41N3O5/c1-20-5-8-23(9-6-20)38-15-16-39-33-22-11-13-30(2)21(17-22)7-10-25-24-12-14-31(37,28(36)19-35)26(24)18-27(29(25)30)32-34(3)4/h5-6,8-9,11,13,17,24-26,29,35,37H,7,10,12,14-16,18-19H2,1-4H3/b32-27+,33-22+/t24-,25-,26?,29+,30-,31+/m0/s1. The van der Waals surface area contributed by atoms with Gasteiger partial charge in [-0.25, -0.2) is 0 Å². The highest BCUT2D eigenvalue weighted by Gasteiger charge is 2.61. The summed E-state index contributed by atoms with van der Waals surface area (Å²) < 4.78 is 5.73. The zero-order chi connectivity index (χ0) is 27.8. The lowest BCUT2D eigenvalue weighted by atomic mass is 9.50. The van der Waals surface area contributed by atoms with E-state index in [4.69, 9.17) is 14.7 Å². The van der Waals surface area contributed by atoms with Crippen LogP contribution in [0, 0.1) is 36.0 Å². The van der Waals surface area contributed by atoms with E-state index in [1.807, 2.05) is 56.4 Å². The molecule has 6 atom stereocenters. The molecule has 4 aliphatic carbocycles. The maximum atomic E-state index is 12.6. The molecular weight excluding hydrogens is 494 g/mol. The molecule has 1 unspecified atom stereocenters. The fourth-order valence-electron chi connectivity index (χ4n) is 7.54. The second-order valence-corrected chi connectivity index (χ2v) is 11.9. The van der Waals surface area contributed by atoms with Crippen LogP contribution in [0.1, 0.15) is 44.6 Å². The molecule has 0 saturated heterocycles. The summed E-state index contributed by atoms with van der Waals surface area (Å²) in [5.74, 6) is 0.873. The summed E-state index contributed by atoms with van der Waals surface area (Å²) in [6, 6.07) is 7.93. The third-order valence-corrected chi connectivity index (χ3v) is 9.35. The number of nitrogens with zero attached hydrogens (tertiary/aromatic N) is 3. The van der Waals surface area contributed by atoms with Gasteiger partial charge in [0.25, 0.3) is 0 Å². The zero-order valence-corrected chi connectivity index (χ0v) is 23.5. The summed E-state index contributed by atoms with van der Waals surface area (Å²) in [5.41, 5.74) is 2.64. The lowest BCUT2D eigenvalue weighted by Crippen LogP contribution is -2.55. The van der Waals surface area contributed by atoms with E-state index in [9.17, 15) is 15.0 Å². The Morgan fingerprint density at radius 2 is 1.92 bits per heavy atom. The number of benzene rings is 1. The minimum Gasteiger partial charge on any atom is -0.490 e. The van der Waals surface area contributed by atoms with Gasteiger partial charge in [-0.05, 0) is 75.1 Å². The van der Waals surface area contributed by atoms with Crippen molar-refractivity contribution in [3.05, 3.63) is 53.6 Å². The number of rotatable bonds is 8. The highest BCUT2D eigenvalue weighted by atomic mass is 16.6. The van der Waals surface area contributed by atoms with Crippen LogP contribution in [-0.2, 0) is 9.63 Å². The number of aliphatic hydroxyl groups is 2. The number of carbonyl (C=O) groups is 1. The number of aryl methyl sites for hydroxylation is 1. The first-order valence-corrected chi connectivity index (χ1v) is 14.1. The molecule has 210 valence electrons. The van der Waals surface area contributed by atoms with Gasteiger partial charge >= 0.3 is 0 Å². The molecule has 0 amide bonds. The molecule has 0 spiro atoms. The van der Waals surface area contributed by atoms with Crippen molar-refractivity contribution in [1.82, 2.24) is 5.01 Å². The van der Waals surface area contributed by atoms with E-state index < -0.39 is 18.0 Å². The van der Waals surface area contributed by atoms with E-state index in [0.717, 1.165) is 36.4 Å². The molecule has 1 aromatic rings. The number of hydrogen-bond acceptors (Lipinski definition) is 8. The van der Waals surface area contributed by atoms with Crippen molar-refractivity contribution < 1.29 is 24.6 Å². The van der Waals surface area contributed by atoms with Gasteiger partial charge in [-0.1, -0.05) is 41.4 Å². The van der Waals surface area contributed by atoms with Gasteiger partial charge in [-0.2, -0.15) is 5.10 Å². The van der Waals surface area contributed by atoms with E-state index in [2.05, 4.69) is 24.2 Å². The lowest BCUT2D eigenvalue weighted by molar-refractivity contribution is -0.146. The number of hydrogen-bond donors (Lipinski definition) is 2. The molecule has 39 heavy (non-hydrogen) atoms. The average Bonchev–Trinajstić information content (AvgIpc) is 3.26. The van der Waals surface area contributed by atoms with Gasteiger partial charge in [0, 0.05) is 37.1 Å². The van der Waals surface area contributed by atoms with Crippen molar-refractivity contribution >= 4 is 17.2 Å². The molecule has 1 aromatic carbocycles. The Balaban J connectivity index is 1.31. The van der Waals surface area contributed by atoms with Gasteiger partial charge in [0.05, 0.1) is 0 Å². The second-order valence-electron chi connectivity index (χ2n) is 11.9. The number of aliphatic hydroxyl groups excluding tert-OH is 1. The Morgan fingerprint density at radius 1 is 1.15 bits per heavy atom. The molecule has 3 saturated carbocycles. The predicted octanol–water partition coefficient (Wildman–Crippen LogP) is 3.92. The normalized spacial score (nSPS) is 35.2. The van der Waals surface area contributed by atoms with Crippen LogP contribution in [0.5, 0.6) is 5.75 Å². The monoisotopic (exact) mass is 535 g/mol. The Kier molecular flexibility index (Phi) is 7.71. The quantitative estimate of drug-likeness (QED) is 0.386. The van der Waals surface area contributed by atoms with Crippen LogP contribution in [0.2, 0.25) is 0 Å². The van der Waals surface area contributed by atoms with Crippen LogP contribution in [0.25, 0.3) is 0 Å². The van der Waals surface area contributed by atoms with Crippen LogP contribution >= 0.6 is 0 Å². The summed E-state index contributed by atoms with van der Waals surface area (Å²) in [5, 5.41) is 32.1. The van der Waals surface area contributed by atoms with Crippen molar-refractivity contribution in [3.8, 4) is 5.75 Å². The first-order valence-electron chi connectivity index (χ1n) is 14.1. The van der Waals surface area contributed by atoms with E-state index in [1.54, 1.807) is 0 Å². The molecule has 0 bridgehead atoms. The molecule has 3 fully saturated rings. The van der Waals surface area contributed by atoms with Crippen LogP contribution in [0.3, 0.4) is 0 Å². The van der Waals surface area contributed by atoms with E-state index in [1.165, 1.54) is 11.1 Å². The van der Waals surface area contributed by atoms with Gasteiger partial charge < -0.3 is 24.8 Å². The molecule has 8 nitrogen and oxygen atoms in total. The molecule has 0 aliphatic heterocycles. The van der Waals surface area contributed by atoms with Gasteiger partial charge in [0.2, 0.25) is 0 Å². The topological polar surface area (TPSA) is 104 Å². The van der Waals surface area contributed by atoms with E-state index in [0.29, 0.717) is 32.0 Å². The number of Topliss-reactive ketones (excluding diaryl/α,β-unsaturated/α-hetero) is 1. The minimum atomic E-state index is -1.46. The maximum Gasteiger partial charge on any atom is 0.189 e. The third-order valence-electron chi connectivity index (χ3n) is 9.35. The predicted molar refractivity (Wildman–Crippen MR) is 151 cm³/mol. The van der Waals surface area contributed by atoms with E-state index >= 15 is 0 Å². The molecule has 0 heterocycles. The second kappa shape index (κ2) is 10.9. The summed E-state index contributed by atoms with van der Waals surface area (Å²) in [7, 11) is 3.83. The van der Waals surface area contributed by atoms with Gasteiger partial charge in [-0.15, -0.1) is 0 Å². The summed E-state index contributed by atoms with van der Waals surface area (Å²) in [4.78, 5) is 18.2. The summed E-state index contributed by atoms with van der Waals surface area (Å²) in [6.45, 7) is 4.48. The van der Waals surface area contributed by atoms with Crippen molar-refractivity contribution in [2.45, 2.75) is 51.6 Å². The Hall–Kier alpha value is -2.97. The van der Waals surface area contributed by atoms with Crippen LogP contribution in [0.15, 0.2) is 58.3 Å². The molecule has 5 rings (SSSR count). The molecule has 0 aromatic heterocycles. The van der Waals surface area contributed by atoms with Crippen molar-refractivity contribution in [1.29, 1.82) is 0 Å². The molecule has 2 N–H and O–H groups in total. The van der Waals surface area contributed by atoms with E-state index in [-0.39, 0.29) is 23.2 Å². The number of ketones is 1. The largest absolute Gasteiger partial charge is 0.490 e. The van der Waals surface area contributed by atoms with Crippen molar-refractivity contribution in [3.63, 3.8) is 0 Å². The van der Waals surface area contributed by atoms with Crippen molar-refractivity contribution in [2.75, 3.05) is 33.9 Å². The van der Waals surface area contributed by atoms with Gasteiger partial charge in [-0.3, -0.25) is 4.79 Å². The number of oxime groups is 1. The molecule has 8 heteroatoms. The summed E-state index contributed by atoms with van der Waals surface area (Å²) >= 11 is 0. The van der Waals surface area contributed by atoms with Crippen LogP contribution in [-0.4, -0.2) is 71.9 Å². The fraction of sp³-hybridized carbons (Fsp3) is 0.581. The van der Waals surface area contributed by atoms with Crippen LogP contribution in [0.4, 0.5) is 0 Å². The number of allylic oxidation sites excluding steroid dienone is 4. The maximum absolute atomic E-state index is 12.6. The SMILES string of the molecule is Cc1ccc(OCCO/N=C2\C=C[C@@]3(C)C(=C2)CC[C@H]2[C@@H]4CC[C@](O)(C(=O)CO)C4C/C(=N\N(C)C)[C@@H]23)cc1. The average molecular weight is 536 g/mol. The Morgan fingerprint density at radius 3 is 2.64 bits per heavy atom. The lowest BCUT2D eigenvalue weighted by Gasteiger charge is -2.54. The minimum absolute atomic E-state index is 0.175. The van der Waals surface area contributed by atoms with Crippen LogP contribution < -0.4 is 4.74 Å². The number of hydrazone groups is 1. The number of ether oxygens (including phenoxy) is 1. The van der Waals surface area contributed by atoms with Gasteiger partial charge in [0.1, 0.15) is 30.3 Å². The van der Waals surface area contributed by atoms with Crippen molar-refractivity contribution in [2.24, 2.45) is 39.3 Å². The molecule has 0 radical (unpaired) electrons. The third kappa shape index (κ3) is 5.16. The zero-order valence-electron chi connectivity index (χ0n) is 23.5. The Bertz CT molecular complexity index is 1200. The Labute approximate surface area is 231 Å². The first-order chi connectivity index (χ1) is 18.7.